The molecule has 0 aliphatic rings. The number of ether oxygens (including phenoxy) is 1. The van der Waals surface area contributed by atoms with Crippen molar-refractivity contribution >= 4 is 11.6 Å². The SMILES string of the molecule is CCCCC(N)C(=O)Nc1ccc(OC(C)C)cc1C. The van der Waals surface area contributed by atoms with E-state index in [1.54, 1.807) is 0 Å². The molecule has 1 amide bonds. The van der Waals surface area contributed by atoms with Crippen molar-refractivity contribution in [3.63, 3.8) is 0 Å². The van der Waals surface area contributed by atoms with E-state index in [1.807, 2.05) is 39.0 Å². The number of benzene rings is 1. The van der Waals surface area contributed by atoms with Crippen LogP contribution in [0.4, 0.5) is 5.69 Å². The minimum Gasteiger partial charge on any atom is -0.491 e. The van der Waals surface area contributed by atoms with Gasteiger partial charge < -0.3 is 15.8 Å². The molecule has 1 unspecified atom stereocenters. The monoisotopic (exact) mass is 278 g/mol. The van der Waals surface area contributed by atoms with E-state index in [0.717, 1.165) is 36.3 Å². The summed E-state index contributed by atoms with van der Waals surface area (Å²) in [6, 6.07) is 5.20. The van der Waals surface area contributed by atoms with E-state index in [9.17, 15) is 4.79 Å². The van der Waals surface area contributed by atoms with Crippen LogP contribution in [-0.2, 0) is 4.79 Å². The second-order valence-corrected chi connectivity index (χ2v) is 5.38. The summed E-state index contributed by atoms with van der Waals surface area (Å²) in [5.74, 6) is 0.685. The molecule has 1 rings (SSSR count). The summed E-state index contributed by atoms with van der Waals surface area (Å²) in [5, 5.41) is 2.88. The molecule has 3 N–H and O–H groups in total. The third-order valence-electron chi connectivity index (χ3n) is 3.03. The fourth-order valence-corrected chi connectivity index (χ4v) is 1.90. The molecular weight excluding hydrogens is 252 g/mol. The summed E-state index contributed by atoms with van der Waals surface area (Å²) in [4.78, 5) is 12.0. The summed E-state index contributed by atoms with van der Waals surface area (Å²) in [6.45, 7) is 8.00. The van der Waals surface area contributed by atoms with E-state index in [0.29, 0.717) is 0 Å². The van der Waals surface area contributed by atoms with Crippen LogP contribution in [0.5, 0.6) is 5.75 Å². The smallest absolute Gasteiger partial charge is 0.241 e. The zero-order chi connectivity index (χ0) is 15.1. The molecule has 1 aromatic carbocycles. The largest absolute Gasteiger partial charge is 0.491 e. The molecule has 0 aliphatic heterocycles. The third-order valence-corrected chi connectivity index (χ3v) is 3.03. The molecule has 0 radical (unpaired) electrons. The lowest BCUT2D eigenvalue weighted by atomic mass is 10.1. The molecule has 0 spiro atoms. The van der Waals surface area contributed by atoms with Crippen LogP contribution in [0.3, 0.4) is 0 Å². The summed E-state index contributed by atoms with van der Waals surface area (Å²) in [6.07, 6.45) is 2.86. The van der Waals surface area contributed by atoms with Gasteiger partial charge in [-0.15, -0.1) is 0 Å². The molecule has 4 nitrogen and oxygen atoms in total. The van der Waals surface area contributed by atoms with Gasteiger partial charge in [-0.2, -0.15) is 0 Å². The Kier molecular flexibility index (Phi) is 6.52. The Morgan fingerprint density at radius 1 is 1.40 bits per heavy atom. The van der Waals surface area contributed by atoms with Crippen LogP contribution in [0.1, 0.15) is 45.6 Å². The molecule has 0 saturated heterocycles. The number of anilines is 1. The highest BCUT2D eigenvalue weighted by molar-refractivity contribution is 5.95. The molecule has 1 aromatic rings. The number of unbranched alkanes of at least 4 members (excludes halogenated alkanes) is 1. The van der Waals surface area contributed by atoms with Crippen molar-refractivity contribution < 1.29 is 9.53 Å². The van der Waals surface area contributed by atoms with Crippen molar-refractivity contribution in [2.24, 2.45) is 5.73 Å². The van der Waals surface area contributed by atoms with Crippen molar-refractivity contribution in [1.82, 2.24) is 0 Å². The Balaban J connectivity index is 2.66. The van der Waals surface area contributed by atoms with Crippen molar-refractivity contribution in [2.75, 3.05) is 5.32 Å². The number of nitrogens with one attached hydrogen (secondary N) is 1. The normalized spacial score (nSPS) is 12.3. The summed E-state index contributed by atoms with van der Waals surface area (Å²) < 4.78 is 5.62. The van der Waals surface area contributed by atoms with Gasteiger partial charge in [0.1, 0.15) is 5.75 Å². The molecule has 0 saturated carbocycles. The van der Waals surface area contributed by atoms with Gasteiger partial charge in [-0.1, -0.05) is 19.8 Å². The van der Waals surface area contributed by atoms with Crippen LogP contribution in [0.15, 0.2) is 18.2 Å². The first-order valence-corrected chi connectivity index (χ1v) is 7.27. The topological polar surface area (TPSA) is 64.4 Å². The lowest BCUT2D eigenvalue weighted by Crippen LogP contribution is -2.35. The number of rotatable bonds is 7. The maximum atomic E-state index is 12.0. The van der Waals surface area contributed by atoms with E-state index >= 15 is 0 Å². The molecular formula is C16H26N2O2. The van der Waals surface area contributed by atoms with Gasteiger partial charge >= 0.3 is 0 Å². The lowest BCUT2D eigenvalue weighted by Gasteiger charge is -2.15. The number of aryl methyl sites for hydroxylation is 1. The maximum absolute atomic E-state index is 12.0. The van der Waals surface area contributed by atoms with E-state index in [2.05, 4.69) is 12.2 Å². The number of nitrogens with two attached hydrogens (primary N) is 1. The minimum absolute atomic E-state index is 0.126. The van der Waals surface area contributed by atoms with E-state index in [-0.39, 0.29) is 12.0 Å². The molecule has 0 aliphatic carbocycles. The predicted molar refractivity (Wildman–Crippen MR) is 83.1 cm³/mol. The fourth-order valence-electron chi connectivity index (χ4n) is 1.90. The van der Waals surface area contributed by atoms with Crippen LogP contribution < -0.4 is 15.8 Å². The first-order valence-electron chi connectivity index (χ1n) is 7.27. The van der Waals surface area contributed by atoms with Crippen LogP contribution in [0.2, 0.25) is 0 Å². The average Bonchev–Trinajstić information content (AvgIpc) is 2.38. The highest BCUT2D eigenvalue weighted by Crippen LogP contribution is 2.22. The highest BCUT2D eigenvalue weighted by Gasteiger charge is 2.14. The van der Waals surface area contributed by atoms with Crippen molar-refractivity contribution in [2.45, 2.75) is 59.1 Å². The molecule has 0 bridgehead atoms. The molecule has 1 atom stereocenters. The maximum Gasteiger partial charge on any atom is 0.241 e. The third kappa shape index (κ3) is 5.21. The molecule has 0 fully saturated rings. The minimum atomic E-state index is -0.444. The number of hydrogen-bond donors (Lipinski definition) is 2. The van der Waals surface area contributed by atoms with Gasteiger partial charge in [0.05, 0.1) is 12.1 Å². The Morgan fingerprint density at radius 3 is 2.65 bits per heavy atom. The zero-order valence-corrected chi connectivity index (χ0v) is 12.9. The Morgan fingerprint density at radius 2 is 2.10 bits per heavy atom. The van der Waals surface area contributed by atoms with Crippen molar-refractivity contribution in [3.8, 4) is 5.75 Å². The molecule has 0 aromatic heterocycles. The number of hydrogen-bond acceptors (Lipinski definition) is 3. The van der Waals surface area contributed by atoms with Gasteiger partial charge in [0, 0.05) is 5.69 Å². The average molecular weight is 278 g/mol. The quantitative estimate of drug-likeness (QED) is 0.804. The molecule has 4 heteroatoms. The van der Waals surface area contributed by atoms with Gasteiger partial charge in [0.15, 0.2) is 0 Å². The summed E-state index contributed by atoms with van der Waals surface area (Å²) >= 11 is 0. The molecule has 0 heterocycles. The van der Waals surface area contributed by atoms with Crippen LogP contribution >= 0.6 is 0 Å². The van der Waals surface area contributed by atoms with Gasteiger partial charge in [0.2, 0.25) is 5.91 Å². The molecule has 112 valence electrons. The number of carbonyl (C=O) groups excluding carboxylic acids is 1. The summed E-state index contributed by atoms with van der Waals surface area (Å²) in [5.41, 5.74) is 7.62. The predicted octanol–water partition coefficient (Wildman–Crippen LogP) is 3.24. The van der Waals surface area contributed by atoms with Crippen LogP contribution in [-0.4, -0.2) is 18.1 Å². The number of amides is 1. The van der Waals surface area contributed by atoms with Gasteiger partial charge in [-0.05, 0) is 51.0 Å². The van der Waals surface area contributed by atoms with E-state index in [1.165, 1.54) is 0 Å². The van der Waals surface area contributed by atoms with Gasteiger partial charge in [-0.3, -0.25) is 4.79 Å². The second-order valence-electron chi connectivity index (χ2n) is 5.38. The first-order chi connectivity index (χ1) is 9.43. The first kappa shape index (κ1) is 16.5. The van der Waals surface area contributed by atoms with Crippen molar-refractivity contribution in [1.29, 1.82) is 0 Å². The number of carbonyl (C=O) groups is 1. The zero-order valence-electron chi connectivity index (χ0n) is 12.9. The Labute approximate surface area is 121 Å². The van der Waals surface area contributed by atoms with Crippen LogP contribution in [0.25, 0.3) is 0 Å². The van der Waals surface area contributed by atoms with Crippen LogP contribution in [0, 0.1) is 6.92 Å². The molecule has 20 heavy (non-hydrogen) atoms. The Hall–Kier alpha value is -1.55. The lowest BCUT2D eigenvalue weighted by molar-refractivity contribution is -0.117. The Bertz CT molecular complexity index is 444. The fraction of sp³-hybridized carbons (Fsp3) is 0.562. The van der Waals surface area contributed by atoms with E-state index < -0.39 is 6.04 Å². The highest BCUT2D eigenvalue weighted by atomic mass is 16.5. The van der Waals surface area contributed by atoms with Gasteiger partial charge in [-0.25, -0.2) is 0 Å². The summed E-state index contributed by atoms with van der Waals surface area (Å²) in [7, 11) is 0. The van der Waals surface area contributed by atoms with E-state index in [4.69, 9.17) is 10.5 Å². The van der Waals surface area contributed by atoms with Gasteiger partial charge in [0.25, 0.3) is 0 Å². The van der Waals surface area contributed by atoms with Crippen molar-refractivity contribution in [3.05, 3.63) is 23.8 Å². The standard InChI is InChI=1S/C16H26N2O2/c1-5-6-7-14(17)16(19)18-15-9-8-13(10-12(15)4)20-11(2)3/h8-11,14H,5-7,17H2,1-4H3,(H,18,19). The second kappa shape index (κ2) is 7.90.